The average molecular weight is 1150 g/mol. The van der Waals surface area contributed by atoms with E-state index in [1.54, 1.807) is 0 Å². The van der Waals surface area contributed by atoms with Gasteiger partial charge in [-0.2, -0.15) is 0 Å². The number of ether oxygens (including phenoxy) is 3. The summed E-state index contributed by atoms with van der Waals surface area (Å²) >= 11 is 0. The van der Waals surface area contributed by atoms with Gasteiger partial charge in [0.25, 0.3) is 0 Å². The van der Waals surface area contributed by atoms with E-state index in [0.717, 1.165) is 116 Å². The highest BCUT2D eigenvalue weighted by Gasteiger charge is 2.19. The molecule has 0 amide bonds. The van der Waals surface area contributed by atoms with Crippen LogP contribution < -0.4 is 0 Å². The molecule has 83 heavy (non-hydrogen) atoms. The Morgan fingerprint density at radius 1 is 0.253 bits per heavy atom. The first-order valence-electron chi connectivity index (χ1n) is 34.7. The molecule has 0 saturated heterocycles. The molecule has 1 unspecified atom stereocenters. The summed E-state index contributed by atoms with van der Waals surface area (Å²) in [5.41, 5.74) is 0. The second kappa shape index (κ2) is 70.0. The largest absolute Gasteiger partial charge is 0.462 e. The van der Waals surface area contributed by atoms with E-state index in [2.05, 4.69) is 154 Å². The molecule has 0 radical (unpaired) electrons. The van der Waals surface area contributed by atoms with Gasteiger partial charge in [0.05, 0.1) is 0 Å². The molecule has 0 aromatic rings. The Hall–Kier alpha value is -4.45. The van der Waals surface area contributed by atoms with Crippen molar-refractivity contribution in [2.24, 2.45) is 0 Å². The summed E-state index contributed by atoms with van der Waals surface area (Å²) in [5.74, 6) is -0.972. The van der Waals surface area contributed by atoms with Gasteiger partial charge in [-0.3, -0.25) is 14.4 Å². The van der Waals surface area contributed by atoms with Crippen LogP contribution in [0.5, 0.6) is 0 Å². The van der Waals surface area contributed by atoms with Crippen LogP contribution in [0.4, 0.5) is 0 Å². The summed E-state index contributed by atoms with van der Waals surface area (Å²) in [5, 5.41) is 0. The zero-order valence-corrected chi connectivity index (χ0v) is 54.2. The summed E-state index contributed by atoms with van der Waals surface area (Å²) < 4.78 is 16.9. The zero-order valence-electron chi connectivity index (χ0n) is 54.2. The predicted molar refractivity (Wildman–Crippen MR) is 362 cm³/mol. The smallest absolute Gasteiger partial charge is 0.306 e. The van der Waals surface area contributed by atoms with Gasteiger partial charge in [-0.1, -0.05) is 296 Å². The van der Waals surface area contributed by atoms with Gasteiger partial charge in [-0.25, -0.2) is 0 Å². The van der Waals surface area contributed by atoms with E-state index in [4.69, 9.17) is 14.2 Å². The molecule has 0 spiro atoms. The van der Waals surface area contributed by atoms with Gasteiger partial charge in [0.2, 0.25) is 0 Å². The van der Waals surface area contributed by atoms with Crippen LogP contribution in [0.2, 0.25) is 0 Å². The van der Waals surface area contributed by atoms with Gasteiger partial charge in [-0.05, 0) is 135 Å². The second-order valence-corrected chi connectivity index (χ2v) is 22.7. The van der Waals surface area contributed by atoms with Crippen LogP contribution in [0.1, 0.15) is 316 Å². The van der Waals surface area contributed by atoms with Crippen LogP contribution in [0.25, 0.3) is 0 Å². The van der Waals surface area contributed by atoms with E-state index in [9.17, 15) is 14.4 Å². The van der Waals surface area contributed by atoms with Gasteiger partial charge >= 0.3 is 17.9 Å². The number of unbranched alkanes of at least 4 members (excludes halogenated alkanes) is 29. The standard InChI is InChI=1S/C77H128O6/c1-4-7-10-13-16-19-22-25-28-31-33-34-35-36-37-38-39-40-41-42-44-46-49-52-55-58-61-64-67-70-76(79)82-73-74(72-81-75(78)69-66-63-60-57-54-51-48-45-30-27-24-21-18-15-12-9-6-3)83-77(80)71-68-65-62-59-56-53-50-47-43-32-29-26-23-20-17-14-11-8-5-2/h9,12,17-18,20-22,25-27,29-31,33,35-36,43,47-48,51,57,60,74H,4-8,10-11,13-16,19,23-24,28,32,34,37-42,44-46,49-50,52-56,58-59,61-73H2,1-3H3/b12-9-,20-17-,21-18-,25-22-,29-26-,30-27-,33-31-,36-35-,47-43-,51-48-,60-57-. The third kappa shape index (κ3) is 68.2. The lowest BCUT2D eigenvalue weighted by molar-refractivity contribution is -0.167. The Labute approximate surface area is 513 Å². The van der Waals surface area contributed by atoms with Crippen LogP contribution in [0.3, 0.4) is 0 Å². The third-order valence-corrected chi connectivity index (χ3v) is 14.6. The van der Waals surface area contributed by atoms with Crippen molar-refractivity contribution >= 4 is 17.9 Å². The van der Waals surface area contributed by atoms with Crippen molar-refractivity contribution in [2.75, 3.05) is 13.2 Å². The third-order valence-electron chi connectivity index (χ3n) is 14.6. The quantitative estimate of drug-likeness (QED) is 0.0261. The second-order valence-electron chi connectivity index (χ2n) is 22.7. The highest BCUT2D eigenvalue weighted by atomic mass is 16.6. The highest BCUT2D eigenvalue weighted by molar-refractivity contribution is 5.71. The van der Waals surface area contributed by atoms with Crippen molar-refractivity contribution in [2.45, 2.75) is 322 Å². The van der Waals surface area contributed by atoms with E-state index in [1.807, 2.05) is 0 Å². The molecular weight excluding hydrogens is 1020 g/mol. The molecule has 0 aromatic heterocycles. The summed E-state index contributed by atoms with van der Waals surface area (Å²) in [7, 11) is 0. The minimum atomic E-state index is -0.815. The Morgan fingerprint density at radius 3 is 0.807 bits per heavy atom. The molecule has 0 saturated carbocycles. The fourth-order valence-electron chi connectivity index (χ4n) is 9.43. The van der Waals surface area contributed by atoms with Gasteiger partial charge in [0, 0.05) is 19.3 Å². The van der Waals surface area contributed by atoms with E-state index < -0.39 is 6.10 Å². The Morgan fingerprint density at radius 2 is 0.482 bits per heavy atom. The minimum Gasteiger partial charge on any atom is -0.462 e. The first kappa shape index (κ1) is 78.5. The van der Waals surface area contributed by atoms with E-state index in [1.165, 1.54) is 154 Å². The van der Waals surface area contributed by atoms with Crippen molar-refractivity contribution < 1.29 is 28.6 Å². The molecule has 0 heterocycles. The minimum absolute atomic E-state index is 0.104. The van der Waals surface area contributed by atoms with Gasteiger partial charge in [-0.15, -0.1) is 0 Å². The maximum absolute atomic E-state index is 12.9. The van der Waals surface area contributed by atoms with Gasteiger partial charge in [0.1, 0.15) is 13.2 Å². The molecule has 0 bridgehead atoms. The number of carbonyl (C=O) groups is 3. The van der Waals surface area contributed by atoms with E-state index in [-0.39, 0.29) is 37.5 Å². The summed E-state index contributed by atoms with van der Waals surface area (Å²) in [6, 6.07) is 0. The van der Waals surface area contributed by atoms with E-state index >= 15 is 0 Å². The number of esters is 3. The molecule has 0 aliphatic rings. The lowest BCUT2D eigenvalue weighted by Crippen LogP contribution is -2.30. The molecule has 0 rings (SSSR count). The summed E-state index contributed by atoms with van der Waals surface area (Å²) in [4.78, 5) is 38.4. The number of carbonyl (C=O) groups excluding carboxylic acids is 3. The molecule has 0 aromatic carbocycles. The zero-order chi connectivity index (χ0) is 59.9. The predicted octanol–water partition coefficient (Wildman–Crippen LogP) is 24.1. The SMILES string of the molecule is CC/C=C\C/C=C\C/C=C\C/C=C\C/C=C\CCCC(=O)OCC(COC(=O)CCCCCCCCCCCCCCCC/C=C\C/C=C\C/C=C\CCCCCCC)OC(=O)CCCCCCCC/C=C\C/C=C\C/C=C\CCCCC. The molecule has 0 fully saturated rings. The molecule has 0 N–H and O–H groups in total. The molecular formula is C77H128O6. The van der Waals surface area contributed by atoms with Gasteiger partial charge < -0.3 is 14.2 Å². The van der Waals surface area contributed by atoms with Crippen LogP contribution >= 0.6 is 0 Å². The monoisotopic (exact) mass is 1150 g/mol. The molecule has 6 nitrogen and oxygen atoms in total. The molecule has 1 atom stereocenters. The van der Waals surface area contributed by atoms with Crippen molar-refractivity contribution in [3.8, 4) is 0 Å². The number of allylic oxidation sites excluding steroid dienone is 22. The van der Waals surface area contributed by atoms with Gasteiger partial charge in [0.15, 0.2) is 6.10 Å². The molecule has 6 heteroatoms. The van der Waals surface area contributed by atoms with Crippen LogP contribution in [-0.2, 0) is 28.6 Å². The summed E-state index contributed by atoms with van der Waals surface area (Å²) in [6.45, 7) is 6.45. The first-order valence-corrected chi connectivity index (χ1v) is 34.7. The molecule has 472 valence electrons. The van der Waals surface area contributed by atoms with Crippen LogP contribution in [0.15, 0.2) is 134 Å². The lowest BCUT2D eigenvalue weighted by Gasteiger charge is -2.18. The Balaban J connectivity index is 4.39. The van der Waals surface area contributed by atoms with Crippen LogP contribution in [-0.4, -0.2) is 37.2 Å². The molecule has 0 aliphatic carbocycles. The van der Waals surface area contributed by atoms with Crippen molar-refractivity contribution in [3.63, 3.8) is 0 Å². The number of hydrogen-bond acceptors (Lipinski definition) is 6. The van der Waals surface area contributed by atoms with Crippen molar-refractivity contribution in [1.82, 2.24) is 0 Å². The number of rotatable bonds is 62. The Kier molecular flexibility index (Phi) is 66.3. The highest BCUT2D eigenvalue weighted by Crippen LogP contribution is 2.16. The maximum Gasteiger partial charge on any atom is 0.306 e. The normalized spacial score (nSPS) is 13.0. The fourth-order valence-corrected chi connectivity index (χ4v) is 9.43. The van der Waals surface area contributed by atoms with E-state index in [0.29, 0.717) is 19.3 Å². The lowest BCUT2D eigenvalue weighted by atomic mass is 10.0. The van der Waals surface area contributed by atoms with Crippen molar-refractivity contribution in [1.29, 1.82) is 0 Å². The Bertz CT molecular complexity index is 1750. The topological polar surface area (TPSA) is 78.9 Å². The molecule has 0 aliphatic heterocycles. The average Bonchev–Trinajstić information content (AvgIpc) is 3.50. The maximum atomic E-state index is 12.9. The van der Waals surface area contributed by atoms with Crippen LogP contribution in [0, 0.1) is 0 Å². The fraction of sp³-hybridized carbons (Fsp3) is 0.675. The summed E-state index contributed by atoms with van der Waals surface area (Å²) in [6.07, 6.45) is 99.0. The number of hydrogen-bond donors (Lipinski definition) is 0. The van der Waals surface area contributed by atoms with Crippen molar-refractivity contribution in [3.05, 3.63) is 134 Å². The first-order chi connectivity index (χ1) is 41.0.